The predicted octanol–water partition coefficient (Wildman–Crippen LogP) is 5.11. The summed E-state index contributed by atoms with van der Waals surface area (Å²) in [6, 6.07) is 11.1. The minimum atomic E-state index is -0.750. The molecule has 2 aromatic rings. The summed E-state index contributed by atoms with van der Waals surface area (Å²) in [7, 11) is 0. The van der Waals surface area contributed by atoms with Gasteiger partial charge in [0.2, 0.25) is 0 Å². The molecular weight excluding hydrogens is 262 g/mol. The van der Waals surface area contributed by atoms with Gasteiger partial charge in [0, 0.05) is 22.1 Å². The van der Waals surface area contributed by atoms with E-state index in [2.05, 4.69) is 19.1 Å². The van der Waals surface area contributed by atoms with Crippen LogP contribution in [0.3, 0.4) is 0 Å². The van der Waals surface area contributed by atoms with Gasteiger partial charge in [-0.05, 0) is 29.7 Å². The number of benzene rings is 2. The van der Waals surface area contributed by atoms with Crippen LogP contribution in [-0.4, -0.2) is 0 Å². The van der Waals surface area contributed by atoms with Gasteiger partial charge in [-0.15, -0.1) is 11.8 Å². The Hall–Kier alpha value is -1.35. The quantitative estimate of drug-likeness (QED) is 0.697. The molecule has 0 bridgehead atoms. The molecular formula is C16H14F2S. The predicted molar refractivity (Wildman–Crippen MR) is 74.5 cm³/mol. The van der Waals surface area contributed by atoms with E-state index in [1.807, 2.05) is 12.1 Å². The third kappa shape index (κ3) is 2.06. The lowest BCUT2D eigenvalue weighted by molar-refractivity contribution is 0.499. The van der Waals surface area contributed by atoms with E-state index >= 15 is 0 Å². The molecule has 0 saturated heterocycles. The number of halogens is 2. The topological polar surface area (TPSA) is 0 Å². The van der Waals surface area contributed by atoms with E-state index in [1.54, 1.807) is 17.8 Å². The van der Waals surface area contributed by atoms with Crippen LogP contribution in [-0.2, 0) is 5.75 Å². The van der Waals surface area contributed by atoms with Crippen LogP contribution in [0.2, 0.25) is 0 Å². The van der Waals surface area contributed by atoms with Gasteiger partial charge in [0.25, 0.3) is 0 Å². The zero-order chi connectivity index (χ0) is 13.4. The minimum absolute atomic E-state index is 0.149. The molecule has 0 radical (unpaired) electrons. The molecule has 2 aromatic carbocycles. The summed E-state index contributed by atoms with van der Waals surface area (Å²) in [5.41, 5.74) is 2.67. The molecule has 3 heteroatoms. The summed E-state index contributed by atoms with van der Waals surface area (Å²) in [6.07, 6.45) is 0.885. The van der Waals surface area contributed by atoms with Crippen molar-refractivity contribution in [1.29, 1.82) is 0 Å². The number of hydrogen-bond donors (Lipinski definition) is 0. The van der Waals surface area contributed by atoms with Crippen LogP contribution in [0, 0.1) is 11.6 Å². The van der Waals surface area contributed by atoms with Crippen LogP contribution >= 0.6 is 11.8 Å². The number of rotatable bonds is 1. The third-order valence-electron chi connectivity index (χ3n) is 3.68. The van der Waals surface area contributed by atoms with Gasteiger partial charge in [-0.1, -0.05) is 31.2 Å². The van der Waals surface area contributed by atoms with Crippen LogP contribution in [0.15, 0.2) is 41.3 Å². The summed E-state index contributed by atoms with van der Waals surface area (Å²) in [4.78, 5) is 1.17. The van der Waals surface area contributed by atoms with E-state index in [0.717, 1.165) is 12.0 Å². The van der Waals surface area contributed by atoms with Crippen molar-refractivity contribution in [3.05, 3.63) is 64.7 Å². The minimum Gasteiger partial charge on any atom is -0.204 e. The molecule has 0 N–H and O–H groups in total. The summed E-state index contributed by atoms with van der Waals surface area (Å²) in [5, 5.41) is 0. The van der Waals surface area contributed by atoms with E-state index in [0.29, 0.717) is 11.3 Å². The van der Waals surface area contributed by atoms with Crippen molar-refractivity contribution in [2.45, 2.75) is 29.9 Å². The smallest absolute Gasteiger partial charge is 0.163 e. The fourth-order valence-electron chi connectivity index (χ4n) is 2.74. The van der Waals surface area contributed by atoms with Gasteiger partial charge in [0.1, 0.15) is 0 Å². The molecule has 1 heterocycles. The largest absolute Gasteiger partial charge is 0.204 e. The van der Waals surface area contributed by atoms with Crippen molar-refractivity contribution >= 4 is 11.8 Å². The number of hydrogen-bond acceptors (Lipinski definition) is 1. The Morgan fingerprint density at radius 2 is 1.89 bits per heavy atom. The molecule has 1 aliphatic rings. The van der Waals surface area contributed by atoms with Crippen molar-refractivity contribution in [1.82, 2.24) is 0 Å². The second-order valence-corrected chi connectivity index (χ2v) is 5.73. The van der Waals surface area contributed by atoms with Gasteiger partial charge < -0.3 is 0 Å². The zero-order valence-electron chi connectivity index (χ0n) is 10.6. The normalized spacial score (nSPS) is 17.5. The lowest BCUT2D eigenvalue weighted by atomic mass is 9.86. The highest BCUT2D eigenvalue weighted by Gasteiger charge is 2.25. The van der Waals surface area contributed by atoms with Crippen molar-refractivity contribution in [3.8, 4) is 0 Å². The molecule has 3 rings (SSSR count). The van der Waals surface area contributed by atoms with Crippen molar-refractivity contribution in [2.75, 3.05) is 0 Å². The first-order valence-corrected chi connectivity index (χ1v) is 7.39. The fourth-order valence-corrected chi connectivity index (χ4v) is 3.88. The highest BCUT2D eigenvalue weighted by Crippen LogP contribution is 2.42. The van der Waals surface area contributed by atoms with E-state index < -0.39 is 11.6 Å². The zero-order valence-corrected chi connectivity index (χ0v) is 11.4. The first-order valence-electron chi connectivity index (χ1n) is 6.41. The summed E-state index contributed by atoms with van der Waals surface area (Å²) in [6.45, 7) is 2.09. The Kier molecular flexibility index (Phi) is 3.31. The monoisotopic (exact) mass is 276 g/mol. The summed E-state index contributed by atoms with van der Waals surface area (Å²) < 4.78 is 27.4. The molecule has 0 fully saturated rings. The summed E-state index contributed by atoms with van der Waals surface area (Å²) in [5.74, 6) is -0.792. The van der Waals surface area contributed by atoms with Crippen LogP contribution in [0.5, 0.6) is 0 Å². The van der Waals surface area contributed by atoms with Gasteiger partial charge in [0.05, 0.1) is 0 Å². The highest BCUT2D eigenvalue weighted by molar-refractivity contribution is 7.98. The van der Waals surface area contributed by atoms with E-state index in [9.17, 15) is 8.78 Å². The Morgan fingerprint density at radius 3 is 2.68 bits per heavy atom. The van der Waals surface area contributed by atoms with Crippen LogP contribution in [0.1, 0.15) is 36.0 Å². The Morgan fingerprint density at radius 1 is 1.11 bits per heavy atom. The molecule has 0 spiro atoms. The summed E-state index contributed by atoms with van der Waals surface area (Å²) >= 11 is 1.59. The Labute approximate surface area is 115 Å². The molecule has 0 amide bonds. The first kappa shape index (κ1) is 12.7. The molecule has 0 aliphatic carbocycles. The molecule has 1 atom stereocenters. The van der Waals surface area contributed by atoms with Crippen LogP contribution in [0.25, 0.3) is 0 Å². The van der Waals surface area contributed by atoms with Gasteiger partial charge in [-0.25, -0.2) is 8.78 Å². The van der Waals surface area contributed by atoms with Crippen molar-refractivity contribution in [3.63, 3.8) is 0 Å². The maximum Gasteiger partial charge on any atom is 0.163 e. The molecule has 19 heavy (non-hydrogen) atoms. The lowest BCUT2D eigenvalue weighted by Crippen LogP contribution is -2.05. The average molecular weight is 276 g/mol. The van der Waals surface area contributed by atoms with E-state index in [-0.39, 0.29) is 5.92 Å². The van der Waals surface area contributed by atoms with Gasteiger partial charge in [0.15, 0.2) is 11.6 Å². The maximum absolute atomic E-state index is 14.0. The van der Waals surface area contributed by atoms with Gasteiger partial charge >= 0.3 is 0 Å². The van der Waals surface area contributed by atoms with Gasteiger partial charge in [-0.3, -0.25) is 0 Å². The molecule has 0 saturated carbocycles. The Bertz CT molecular complexity index is 622. The van der Waals surface area contributed by atoms with Crippen LogP contribution < -0.4 is 0 Å². The van der Waals surface area contributed by atoms with Crippen molar-refractivity contribution in [2.24, 2.45) is 0 Å². The third-order valence-corrected chi connectivity index (χ3v) is 4.80. The molecule has 1 aliphatic heterocycles. The molecule has 0 unspecified atom stereocenters. The number of fused-ring (bicyclic) bond motifs is 2. The Balaban J connectivity index is 2.22. The second-order valence-electron chi connectivity index (χ2n) is 4.72. The highest BCUT2D eigenvalue weighted by atomic mass is 32.2. The number of thioether (sulfide) groups is 1. The van der Waals surface area contributed by atoms with E-state index in [1.165, 1.54) is 16.5 Å². The first-order chi connectivity index (χ1) is 9.22. The maximum atomic E-state index is 14.0. The average Bonchev–Trinajstić information content (AvgIpc) is 2.59. The molecule has 0 nitrogen and oxygen atoms in total. The van der Waals surface area contributed by atoms with E-state index in [4.69, 9.17) is 0 Å². The van der Waals surface area contributed by atoms with Crippen molar-refractivity contribution < 1.29 is 8.78 Å². The fraction of sp³-hybridized carbons (Fsp3) is 0.250. The lowest BCUT2D eigenvalue weighted by Gasteiger charge is -2.18. The standard InChI is InChI=1S/C16H14F2S/c1-2-10-11-7-8-14(17)16(18)13(11)9-19-15-6-4-3-5-12(10)15/h3-8,10H,2,9H2,1H3/t10-/m1/s1. The van der Waals surface area contributed by atoms with Crippen LogP contribution in [0.4, 0.5) is 8.78 Å². The van der Waals surface area contributed by atoms with Gasteiger partial charge in [-0.2, -0.15) is 0 Å². The second kappa shape index (κ2) is 4.97. The molecule has 98 valence electrons. The molecule has 0 aromatic heterocycles. The SMILES string of the molecule is CC[C@H]1c2ccccc2SCc2c1ccc(F)c2F.